The molecule has 0 saturated heterocycles. The summed E-state index contributed by atoms with van der Waals surface area (Å²) in [5, 5.41) is 5.72. The van der Waals surface area contributed by atoms with Crippen LogP contribution in [-0.4, -0.2) is 19.5 Å². The van der Waals surface area contributed by atoms with E-state index in [9.17, 15) is 0 Å². The number of aromatic nitrogens is 1. The Morgan fingerprint density at radius 1 is 0.579 bits per heavy atom. The van der Waals surface area contributed by atoms with Crippen LogP contribution >= 0.6 is 0 Å². The predicted octanol–water partition coefficient (Wildman–Crippen LogP) is 5.79. The Morgan fingerprint density at radius 2 is 1.16 bits per heavy atom. The van der Waals surface area contributed by atoms with Crippen LogP contribution in [-0.2, 0) is 0 Å². The molecule has 5 aromatic carbocycles. The van der Waals surface area contributed by atoms with Crippen LogP contribution in [0, 0.1) is 13.8 Å². The van der Waals surface area contributed by atoms with Gasteiger partial charge in [-0.05, 0) is 58.4 Å². The van der Waals surface area contributed by atoms with Crippen LogP contribution < -0.4 is 26.1 Å². The van der Waals surface area contributed by atoms with Crippen molar-refractivity contribution in [1.82, 2.24) is 4.57 Å². The molecule has 1 aromatic heterocycles. The lowest BCUT2D eigenvalue weighted by Crippen LogP contribution is -2.67. The summed E-state index contributed by atoms with van der Waals surface area (Å²) < 4.78 is 2.51. The topological polar surface area (TPSA) is 8.17 Å². The molecule has 2 aliphatic rings. The smallest absolute Gasteiger partial charge is 0.332 e. The first-order valence-electron chi connectivity index (χ1n) is 13.6. The normalized spacial score (nSPS) is 14.9. The SMILES string of the molecule is Cc1cccc2c1N(B1c3ccccc3-n3c4ccccc4c4cccc1c43)c1c(C)cccc1[Si]2(C)C. The first-order chi connectivity index (χ1) is 18.5. The molecule has 0 saturated carbocycles. The fraction of sp³-hybridized carbons (Fsp3) is 0.118. The van der Waals surface area contributed by atoms with E-state index in [4.69, 9.17) is 0 Å². The van der Waals surface area contributed by atoms with Crippen molar-refractivity contribution in [3.63, 3.8) is 0 Å². The number of anilines is 2. The van der Waals surface area contributed by atoms with E-state index in [-0.39, 0.29) is 6.85 Å². The average Bonchev–Trinajstić information content (AvgIpc) is 3.27. The molecule has 4 heteroatoms. The van der Waals surface area contributed by atoms with Crippen molar-refractivity contribution in [3.05, 3.63) is 114 Å². The number of para-hydroxylation sites is 5. The van der Waals surface area contributed by atoms with Gasteiger partial charge in [0.15, 0.2) is 0 Å². The standard InChI is InChI=1S/C34H29BN2Si/c1-22-12-9-20-30-32(22)37(33-23(2)13-10-21-31(33)38(30,3)4)35-26-16-6-8-19-29(26)36-28-18-7-5-14-24(28)25-15-11-17-27(35)34(25)36/h5-21H,1-4H3. The largest absolute Gasteiger partial charge is 0.377 e. The minimum Gasteiger partial charge on any atom is -0.377 e. The first kappa shape index (κ1) is 22.0. The van der Waals surface area contributed by atoms with Crippen LogP contribution in [0.2, 0.25) is 13.1 Å². The number of nitrogens with zero attached hydrogens (tertiary/aromatic N) is 2. The van der Waals surface area contributed by atoms with Crippen molar-refractivity contribution in [2.75, 3.05) is 4.81 Å². The van der Waals surface area contributed by atoms with Gasteiger partial charge in [-0.25, -0.2) is 0 Å². The summed E-state index contributed by atoms with van der Waals surface area (Å²) >= 11 is 0. The Hall–Kier alpha value is -4.02. The van der Waals surface area contributed by atoms with E-state index < -0.39 is 8.07 Å². The highest BCUT2D eigenvalue weighted by Crippen LogP contribution is 2.39. The molecule has 0 aliphatic carbocycles. The molecule has 3 heterocycles. The molecule has 38 heavy (non-hydrogen) atoms. The summed E-state index contributed by atoms with van der Waals surface area (Å²) in [6, 6.07) is 38.8. The second kappa shape index (κ2) is 7.52. The van der Waals surface area contributed by atoms with Crippen molar-refractivity contribution < 1.29 is 0 Å². The molecule has 0 N–H and O–H groups in total. The van der Waals surface area contributed by atoms with Gasteiger partial charge in [0.25, 0.3) is 0 Å². The molecule has 0 amide bonds. The Kier molecular flexibility index (Phi) is 4.36. The quantitative estimate of drug-likeness (QED) is 0.257. The summed E-state index contributed by atoms with van der Waals surface area (Å²) in [5.74, 6) is 0. The molecule has 0 fully saturated rings. The van der Waals surface area contributed by atoms with Gasteiger partial charge in [-0.2, -0.15) is 0 Å². The molecule has 0 bridgehead atoms. The minimum absolute atomic E-state index is 0.0801. The predicted molar refractivity (Wildman–Crippen MR) is 167 cm³/mol. The lowest BCUT2D eigenvalue weighted by atomic mass is 9.46. The van der Waals surface area contributed by atoms with Gasteiger partial charge < -0.3 is 9.38 Å². The zero-order valence-corrected chi connectivity index (χ0v) is 23.3. The highest BCUT2D eigenvalue weighted by atomic mass is 28.3. The van der Waals surface area contributed by atoms with Gasteiger partial charge in [0.2, 0.25) is 0 Å². The average molecular weight is 505 g/mol. The second-order valence-electron chi connectivity index (χ2n) is 11.5. The Morgan fingerprint density at radius 3 is 1.89 bits per heavy atom. The van der Waals surface area contributed by atoms with E-state index in [1.54, 1.807) is 0 Å². The minimum atomic E-state index is -1.90. The van der Waals surface area contributed by atoms with Crippen LogP contribution in [0.4, 0.5) is 11.4 Å². The number of benzene rings is 5. The number of fused-ring (bicyclic) bond motifs is 7. The van der Waals surface area contributed by atoms with E-state index >= 15 is 0 Å². The Balaban J connectivity index is 1.56. The monoisotopic (exact) mass is 504 g/mol. The zero-order valence-electron chi connectivity index (χ0n) is 22.3. The molecular weight excluding hydrogens is 475 g/mol. The molecule has 182 valence electrons. The van der Waals surface area contributed by atoms with Crippen LogP contribution in [0.25, 0.3) is 27.5 Å². The van der Waals surface area contributed by atoms with Crippen molar-refractivity contribution in [2.24, 2.45) is 0 Å². The van der Waals surface area contributed by atoms with Crippen molar-refractivity contribution in [3.8, 4) is 5.69 Å². The number of aryl methyl sites for hydroxylation is 2. The summed E-state index contributed by atoms with van der Waals surface area (Å²) in [4.78, 5) is 2.71. The van der Waals surface area contributed by atoms with Gasteiger partial charge in [0.05, 0.1) is 11.0 Å². The molecular formula is C34H29BN2Si. The summed E-state index contributed by atoms with van der Waals surface area (Å²) in [6.45, 7) is 9.72. The number of rotatable bonds is 1. The van der Waals surface area contributed by atoms with Gasteiger partial charge >= 0.3 is 6.85 Å². The number of hydrogen-bond donors (Lipinski definition) is 0. The summed E-state index contributed by atoms with van der Waals surface area (Å²) in [5.41, 5.74) is 12.2. The van der Waals surface area contributed by atoms with Crippen molar-refractivity contribution in [2.45, 2.75) is 26.9 Å². The third-order valence-corrected chi connectivity index (χ3v) is 12.6. The Bertz CT molecular complexity index is 1890. The van der Waals surface area contributed by atoms with Crippen LogP contribution in [0.5, 0.6) is 0 Å². The highest BCUT2D eigenvalue weighted by Gasteiger charge is 2.46. The van der Waals surface area contributed by atoms with Gasteiger partial charge in [0, 0.05) is 27.8 Å². The number of hydrogen-bond acceptors (Lipinski definition) is 1. The van der Waals surface area contributed by atoms with Crippen molar-refractivity contribution >= 4 is 69.4 Å². The molecule has 0 atom stereocenters. The fourth-order valence-electron chi connectivity index (χ4n) is 7.37. The van der Waals surface area contributed by atoms with Gasteiger partial charge in [-0.15, -0.1) is 0 Å². The summed E-state index contributed by atoms with van der Waals surface area (Å²) in [6.07, 6.45) is 0. The molecule has 2 nitrogen and oxygen atoms in total. The maximum Gasteiger partial charge on any atom is 0.332 e. The summed E-state index contributed by atoms with van der Waals surface area (Å²) in [7, 11) is -1.90. The third kappa shape index (κ3) is 2.63. The second-order valence-corrected chi connectivity index (χ2v) is 15.8. The van der Waals surface area contributed by atoms with Gasteiger partial charge in [-0.1, -0.05) is 104 Å². The van der Waals surface area contributed by atoms with Crippen LogP contribution in [0.15, 0.2) is 103 Å². The Labute approximate surface area is 225 Å². The molecule has 0 unspecified atom stereocenters. The molecule has 6 aromatic rings. The fourth-order valence-corrected chi connectivity index (χ4v) is 10.5. The third-order valence-electron chi connectivity index (χ3n) is 9.06. The van der Waals surface area contributed by atoms with Crippen LogP contribution in [0.3, 0.4) is 0 Å². The highest BCUT2D eigenvalue weighted by molar-refractivity contribution is 7.04. The van der Waals surface area contributed by atoms with E-state index in [2.05, 4.69) is 139 Å². The van der Waals surface area contributed by atoms with E-state index in [1.165, 1.54) is 71.3 Å². The molecule has 2 aliphatic heterocycles. The van der Waals surface area contributed by atoms with Crippen molar-refractivity contribution in [1.29, 1.82) is 0 Å². The molecule has 0 spiro atoms. The van der Waals surface area contributed by atoms with Gasteiger partial charge in [0.1, 0.15) is 8.07 Å². The van der Waals surface area contributed by atoms with E-state index in [0.717, 1.165) is 0 Å². The van der Waals surface area contributed by atoms with E-state index in [0.29, 0.717) is 0 Å². The lowest BCUT2D eigenvalue weighted by molar-refractivity contribution is 1.18. The van der Waals surface area contributed by atoms with Gasteiger partial charge in [-0.3, -0.25) is 0 Å². The maximum atomic E-state index is 2.71. The molecule has 0 radical (unpaired) electrons. The first-order valence-corrected chi connectivity index (χ1v) is 16.6. The van der Waals surface area contributed by atoms with E-state index in [1.807, 2.05) is 0 Å². The van der Waals surface area contributed by atoms with Crippen LogP contribution in [0.1, 0.15) is 11.1 Å². The lowest BCUT2D eigenvalue weighted by Gasteiger charge is -2.46. The zero-order chi connectivity index (χ0) is 25.8. The molecule has 8 rings (SSSR count). The maximum absolute atomic E-state index is 2.71.